The van der Waals surface area contributed by atoms with Crippen molar-refractivity contribution >= 4 is 23.3 Å². The summed E-state index contributed by atoms with van der Waals surface area (Å²) < 4.78 is 0. The molecule has 1 aromatic rings. The monoisotopic (exact) mass is 311 g/mol. The molecule has 1 N–H and O–H groups in total. The molecule has 0 saturated carbocycles. The van der Waals surface area contributed by atoms with Gasteiger partial charge in [-0.1, -0.05) is 11.6 Å². The van der Waals surface area contributed by atoms with Crippen LogP contribution in [0.1, 0.15) is 37.0 Å². The molecule has 116 valence electrons. The molecule has 1 aliphatic heterocycles. The van der Waals surface area contributed by atoms with E-state index in [0.717, 1.165) is 31.7 Å². The molecule has 21 heavy (non-hydrogen) atoms. The van der Waals surface area contributed by atoms with Crippen LogP contribution in [0.5, 0.6) is 0 Å². The summed E-state index contributed by atoms with van der Waals surface area (Å²) in [5, 5.41) is 10.1. The molecule has 0 aromatic carbocycles. The normalized spacial score (nSPS) is 15.4. The predicted octanol–water partition coefficient (Wildman–Crippen LogP) is 2.18. The SMILES string of the molecule is CN(CC(C)(C)O)C(=O)c1cc(Cl)nc(N2CCCC2)c1. The van der Waals surface area contributed by atoms with Crippen molar-refractivity contribution in [2.24, 2.45) is 0 Å². The van der Waals surface area contributed by atoms with E-state index < -0.39 is 5.60 Å². The Kier molecular flexibility index (Phi) is 4.74. The van der Waals surface area contributed by atoms with Crippen LogP contribution in [0.2, 0.25) is 5.15 Å². The first kappa shape index (κ1) is 16.0. The quantitative estimate of drug-likeness (QED) is 0.866. The van der Waals surface area contributed by atoms with Crippen molar-refractivity contribution < 1.29 is 9.90 Å². The zero-order chi connectivity index (χ0) is 15.6. The van der Waals surface area contributed by atoms with Crippen molar-refractivity contribution in [3.05, 3.63) is 22.8 Å². The number of pyridine rings is 1. The number of amides is 1. The van der Waals surface area contributed by atoms with Gasteiger partial charge in [0.15, 0.2) is 0 Å². The lowest BCUT2D eigenvalue weighted by molar-refractivity contribution is 0.0368. The van der Waals surface area contributed by atoms with Crippen molar-refractivity contribution in [1.29, 1.82) is 0 Å². The number of carbonyl (C=O) groups is 1. The largest absolute Gasteiger partial charge is 0.389 e. The molecular weight excluding hydrogens is 290 g/mol. The Hall–Kier alpha value is -1.33. The Bertz CT molecular complexity index is 522. The van der Waals surface area contributed by atoms with E-state index in [-0.39, 0.29) is 12.5 Å². The second-order valence-electron chi connectivity index (χ2n) is 6.20. The third-order valence-electron chi connectivity index (χ3n) is 3.43. The lowest BCUT2D eigenvalue weighted by atomic mass is 10.1. The molecule has 1 amide bonds. The molecule has 0 bridgehead atoms. The van der Waals surface area contributed by atoms with E-state index in [1.165, 1.54) is 4.90 Å². The van der Waals surface area contributed by atoms with Crippen molar-refractivity contribution in [2.45, 2.75) is 32.3 Å². The zero-order valence-electron chi connectivity index (χ0n) is 12.8. The molecule has 2 rings (SSSR count). The molecule has 0 radical (unpaired) electrons. The summed E-state index contributed by atoms with van der Waals surface area (Å²) in [4.78, 5) is 20.4. The van der Waals surface area contributed by atoms with E-state index in [0.29, 0.717) is 10.7 Å². The summed E-state index contributed by atoms with van der Waals surface area (Å²) in [5.74, 6) is 0.585. The van der Waals surface area contributed by atoms with Crippen LogP contribution in [0.25, 0.3) is 0 Å². The highest BCUT2D eigenvalue weighted by Crippen LogP contribution is 2.23. The minimum absolute atomic E-state index is 0.165. The van der Waals surface area contributed by atoms with Crippen LogP contribution >= 0.6 is 11.6 Å². The van der Waals surface area contributed by atoms with E-state index >= 15 is 0 Å². The van der Waals surface area contributed by atoms with Gasteiger partial charge in [-0.3, -0.25) is 4.79 Å². The Morgan fingerprint density at radius 2 is 2.05 bits per heavy atom. The van der Waals surface area contributed by atoms with Crippen molar-refractivity contribution in [2.75, 3.05) is 31.6 Å². The molecule has 0 unspecified atom stereocenters. The topological polar surface area (TPSA) is 56.7 Å². The first-order chi connectivity index (χ1) is 9.76. The van der Waals surface area contributed by atoms with Gasteiger partial charge in [0.2, 0.25) is 0 Å². The van der Waals surface area contributed by atoms with Crippen molar-refractivity contribution in [3.8, 4) is 0 Å². The Labute approximate surface area is 130 Å². The molecule has 1 fully saturated rings. The second-order valence-corrected chi connectivity index (χ2v) is 6.59. The maximum Gasteiger partial charge on any atom is 0.253 e. The highest BCUT2D eigenvalue weighted by atomic mass is 35.5. The van der Waals surface area contributed by atoms with Crippen LogP contribution in [-0.2, 0) is 0 Å². The summed E-state index contributed by atoms with van der Waals surface area (Å²) in [6.07, 6.45) is 2.27. The fraction of sp³-hybridized carbons (Fsp3) is 0.600. The molecule has 6 heteroatoms. The molecule has 5 nitrogen and oxygen atoms in total. The van der Waals surface area contributed by atoms with E-state index in [2.05, 4.69) is 9.88 Å². The number of anilines is 1. The van der Waals surface area contributed by atoms with Crippen molar-refractivity contribution in [3.63, 3.8) is 0 Å². The highest BCUT2D eigenvalue weighted by Gasteiger charge is 2.22. The fourth-order valence-corrected chi connectivity index (χ4v) is 2.79. The maximum absolute atomic E-state index is 12.5. The van der Waals surface area contributed by atoms with Crippen LogP contribution < -0.4 is 4.90 Å². The van der Waals surface area contributed by atoms with E-state index in [1.807, 2.05) is 0 Å². The minimum Gasteiger partial charge on any atom is -0.389 e. The molecular formula is C15H22ClN3O2. The second kappa shape index (κ2) is 6.20. The van der Waals surface area contributed by atoms with Gasteiger partial charge in [-0.25, -0.2) is 4.98 Å². The number of hydrogen-bond acceptors (Lipinski definition) is 4. The Morgan fingerprint density at radius 3 is 2.62 bits per heavy atom. The standard InChI is InChI=1S/C15H22ClN3O2/c1-15(2,21)10-18(3)14(20)11-8-12(16)17-13(9-11)19-6-4-5-7-19/h8-9,21H,4-7,10H2,1-3H3. The number of aromatic nitrogens is 1. The van der Waals surface area contributed by atoms with Gasteiger partial charge in [0.25, 0.3) is 5.91 Å². The van der Waals surface area contributed by atoms with Gasteiger partial charge < -0.3 is 14.9 Å². The predicted molar refractivity (Wildman–Crippen MR) is 84.0 cm³/mol. The first-order valence-corrected chi connectivity index (χ1v) is 7.54. The third-order valence-corrected chi connectivity index (χ3v) is 3.62. The summed E-state index contributed by atoms with van der Waals surface area (Å²) in [5.41, 5.74) is -0.428. The Balaban J connectivity index is 2.20. The number of hydrogen-bond donors (Lipinski definition) is 1. The number of aliphatic hydroxyl groups is 1. The van der Waals surface area contributed by atoms with Gasteiger partial charge in [-0.15, -0.1) is 0 Å². The maximum atomic E-state index is 12.5. The number of nitrogens with zero attached hydrogens (tertiary/aromatic N) is 3. The number of rotatable bonds is 4. The molecule has 1 saturated heterocycles. The van der Waals surface area contributed by atoms with Crippen LogP contribution in [0, 0.1) is 0 Å². The summed E-state index contributed by atoms with van der Waals surface area (Å²) in [7, 11) is 1.67. The van der Waals surface area contributed by atoms with Gasteiger partial charge in [-0.05, 0) is 38.8 Å². The molecule has 1 aliphatic rings. The van der Waals surface area contributed by atoms with Crippen LogP contribution in [0.15, 0.2) is 12.1 Å². The van der Waals surface area contributed by atoms with E-state index in [1.54, 1.807) is 33.0 Å². The van der Waals surface area contributed by atoms with E-state index in [9.17, 15) is 9.90 Å². The summed E-state index contributed by atoms with van der Waals surface area (Å²) in [6.45, 7) is 5.49. The summed E-state index contributed by atoms with van der Waals surface area (Å²) >= 11 is 6.05. The van der Waals surface area contributed by atoms with Gasteiger partial charge >= 0.3 is 0 Å². The fourth-order valence-electron chi connectivity index (χ4n) is 2.59. The average Bonchev–Trinajstić information content (AvgIpc) is 2.88. The minimum atomic E-state index is -0.932. The van der Waals surface area contributed by atoms with Gasteiger partial charge in [-0.2, -0.15) is 0 Å². The molecule has 0 atom stereocenters. The smallest absolute Gasteiger partial charge is 0.253 e. The average molecular weight is 312 g/mol. The third kappa shape index (κ3) is 4.32. The highest BCUT2D eigenvalue weighted by molar-refractivity contribution is 6.29. The lowest BCUT2D eigenvalue weighted by Gasteiger charge is -2.26. The van der Waals surface area contributed by atoms with Gasteiger partial charge in [0.1, 0.15) is 11.0 Å². The zero-order valence-corrected chi connectivity index (χ0v) is 13.5. The van der Waals surface area contributed by atoms with Crippen LogP contribution in [0.4, 0.5) is 5.82 Å². The van der Waals surface area contributed by atoms with Gasteiger partial charge in [0, 0.05) is 32.2 Å². The first-order valence-electron chi connectivity index (χ1n) is 7.17. The molecule has 0 spiro atoms. The number of halogens is 1. The van der Waals surface area contributed by atoms with E-state index in [4.69, 9.17) is 11.6 Å². The molecule has 1 aromatic heterocycles. The Morgan fingerprint density at radius 1 is 1.43 bits per heavy atom. The van der Waals surface area contributed by atoms with Crippen molar-refractivity contribution in [1.82, 2.24) is 9.88 Å². The number of likely N-dealkylation sites (N-methyl/N-ethyl adjacent to an activating group) is 1. The molecule has 2 heterocycles. The number of carbonyl (C=O) groups excluding carboxylic acids is 1. The van der Waals surface area contributed by atoms with Crippen LogP contribution in [-0.4, -0.2) is 53.2 Å². The lowest BCUT2D eigenvalue weighted by Crippen LogP contribution is -2.39. The summed E-state index contributed by atoms with van der Waals surface area (Å²) in [6, 6.07) is 3.35. The van der Waals surface area contributed by atoms with Gasteiger partial charge in [0.05, 0.1) is 5.60 Å². The molecule has 0 aliphatic carbocycles. The van der Waals surface area contributed by atoms with Crippen LogP contribution in [0.3, 0.4) is 0 Å².